The topological polar surface area (TPSA) is 99.4 Å². The van der Waals surface area contributed by atoms with E-state index in [1.165, 1.54) is 6.08 Å². The molecular weight excluding hydrogens is 412 g/mol. The first kappa shape index (κ1) is 20.2. The number of aryl methyl sites for hydroxylation is 1. The summed E-state index contributed by atoms with van der Waals surface area (Å²) >= 11 is 3.31. The van der Waals surface area contributed by atoms with Gasteiger partial charge in [-0.25, -0.2) is 4.79 Å². The van der Waals surface area contributed by atoms with Crippen molar-refractivity contribution in [2.45, 2.75) is 13.3 Å². The van der Waals surface area contributed by atoms with Crippen LogP contribution < -0.4 is 10.1 Å². The van der Waals surface area contributed by atoms with Crippen molar-refractivity contribution in [2.24, 2.45) is 0 Å². The summed E-state index contributed by atoms with van der Waals surface area (Å²) in [5.41, 5.74) is 2.00. The minimum Gasteiger partial charge on any atom is -0.481 e. The van der Waals surface area contributed by atoms with E-state index in [2.05, 4.69) is 21.2 Å². The van der Waals surface area contributed by atoms with Crippen molar-refractivity contribution >= 4 is 39.6 Å². The Balaban J connectivity index is 2.26. The van der Waals surface area contributed by atoms with Gasteiger partial charge in [-0.05, 0) is 48.4 Å². The number of carbonyl (C=O) groups is 2. The molecule has 138 valence electrons. The van der Waals surface area contributed by atoms with Crippen LogP contribution in [0, 0.1) is 11.3 Å². The maximum Gasteiger partial charge on any atom is 0.341 e. The highest BCUT2D eigenvalue weighted by Gasteiger charge is 2.12. The van der Waals surface area contributed by atoms with Crippen LogP contribution in [0.2, 0.25) is 0 Å². The third kappa shape index (κ3) is 5.97. The number of ether oxygens (including phenoxy) is 1. The van der Waals surface area contributed by atoms with Gasteiger partial charge in [0.25, 0.3) is 5.91 Å². The molecule has 0 aromatic heterocycles. The summed E-state index contributed by atoms with van der Waals surface area (Å²) in [4.78, 5) is 23.1. The van der Waals surface area contributed by atoms with Gasteiger partial charge in [0, 0.05) is 15.7 Å². The molecule has 0 spiro atoms. The minimum atomic E-state index is -1.12. The maximum absolute atomic E-state index is 12.4. The zero-order chi connectivity index (χ0) is 19.8. The fraction of sp³-hybridized carbons (Fsp3) is 0.150. The van der Waals surface area contributed by atoms with Crippen LogP contribution >= 0.6 is 15.9 Å². The van der Waals surface area contributed by atoms with Gasteiger partial charge in [-0.3, -0.25) is 4.79 Å². The Labute approximate surface area is 165 Å². The number of hydrogen-bond acceptors (Lipinski definition) is 4. The summed E-state index contributed by atoms with van der Waals surface area (Å²) in [6, 6.07) is 14.1. The van der Waals surface area contributed by atoms with Crippen LogP contribution in [-0.4, -0.2) is 23.6 Å². The van der Waals surface area contributed by atoms with E-state index >= 15 is 0 Å². The summed E-state index contributed by atoms with van der Waals surface area (Å²) in [6.45, 7) is 1.51. The van der Waals surface area contributed by atoms with Gasteiger partial charge in [0.1, 0.15) is 17.4 Å². The molecule has 6 nitrogen and oxygen atoms in total. The second kappa shape index (κ2) is 9.55. The van der Waals surface area contributed by atoms with Crippen LogP contribution in [0.4, 0.5) is 5.69 Å². The fourth-order valence-corrected chi connectivity index (χ4v) is 2.61. The van der Waals surface area contributed by atoms with Gasteiger partial charge in [-0.15, -0.1) is 0 Å². The molecule has 2 N–H and O–H groups in total. The highest BCUT2D eigenvalue weighted by atomic mass is 79.9. The average molecular weight is 429 g/mol. The van der Waals surface area contributed by atoms with E-state index in [0.29, 0.717) is 15.7 Å². The van der Waals surface area contributed by atoms with Gasteiger partial charge in [-0.2, -0.15) is 5.26 Å². The number of aliphatic carboxylic acids is 1. The number of nitriles is 1. The third-order valence-electron chi connectivity index (χ3n) is 3.61. The summed E-state index contributed by atoms with van der Waals surface area (Å²) in [6.07, 6.45) is 2.25. The highest BCUT2D eigenvalue weighted by Crippen LogP contribution is 2.26. The number of rotatable bonds is 7. The predicted octanol–water partition coefficient (Wildman–Crippen LogP) is 4.02. The molecule has 0 saturated heterocycles. The van der Waals surface area contributed by atoms with Gasteiger partial charge in [0.2, 0.25) is 0 Å². The van der Waals surface area contributed by atoms with Crippen molar-refractivity contribution in [3.8, 4) is 11.8 Å². The first-order valence-electron chi connectivity index (χ1n) is 8.09. The van der Waals surface area contributed by atoms with Crippen molar-refractivity contribution in [1.82, 2.24) is 0 Å². The average Bonchev–Trinajstić information content (AvgIpc) is 2.65. The van der Waals surface area contributed by atoms with Crippen LogP contribution in [0.1, 0.15) is 18.1 Å². The fourth-order valence-electron chi connectivity index (χ4n) is 2.23. The lowest BCUT2D eigenvalue weighted by molar-refractivity contribution is -0.139. The zero-order valence-corrected chi connectivity index (χ0v) is 16.1. The maximum atomic E-state index is 12.4. The molecule has 0 saturated carbocycles. The molecule has 0 fully saturated rings. The second-order valence-corrected chi connectivity index (χ2v) is 6.45. The molecule has 7 heteroatoms. The SMILES string of the molecule is CCc1ccc(NC(=O)/C(C#N)=C/c2cc(Br)ccc2OCC(=O)O)cc1. The summed E-state index contributed by atoms with van der Waals surface area (Å²) in [7, 11) is 0. The van der Waals surface area contributed by atoms with Crippen molar-refractivity contribution in [3.63, 3.8) is 0 Å². The van der Waals surface area contributed by atoms with Gasteiger partial charge < -0.3 is 15.2 Å². The second-order valence-electron chi connectivity index (χ2n) is 5.54. The first-order valence-corrected chi connectivity index (χ1v) is 8.88. The number of benzene rings is 2. The van der Waals surface area contributed by atoms with Crippen molar-refractivity contribution in [3.05, 3.63) is 63.6 Å². The van der Waals surface area contributed by atoms with E-state index in [-0.39, 0.29) is 11.3 Å². The number of amides is 1. The Morgan fingerprint density at radius 1 is 1.26 bits per heavy atom. The van der Waals surface area contributed by atoms with Crippen LogP contribution in [0.25, 0.3) is 6.08 Å². The van der Waals surface area contributed by atoms with Crippen LogP contribution in [0.3, 0.4) is 0 Å². The van der Waals surface area contributed by atoms with Crippen molar-refractivity contribution in [1.29, 1.82) is 5.26 Å². The number of nitrogens with zero attached hydrogens (tertiary/aromatic N) is 1. The largest absolute Gasteiger partial charge is 0.481 e. The number of nitrogens with one attached hydrogen (secondary N) is 1. The lowest BCUT2D eigenvalue weighted by Crippen LogP contribution is -2.14. The molecule has 0 aliphatic carbocycles. The van der Waals surface area contributed by atoms with E-state index in [4.69, 9.17) is 9.84 Å². The third-order valence-corrected chi connectivity index (χ3v) is 4.10. The summed E-state index contributed by atoms with van der Waals surface area (Å²) in [5, 5.41) is 20.8. The smallest absolute Gasteiger partial charge is 0.341 e. The molecular formula is C20H17BrN2O4. The number of hydrogen-bond donors (Lipinski definition) is 2. The molecule has 0 aliphatic rings. The van der Waals surface area contributed by atoms with Gasteiger partial charge in [0.05, 0.1) is 0 Å². The number of anilines is 1. The molecule has 0 atom stereocenters. The lowest BCUT2D eigenvalue weighted by Gasteiger charge is -2.09. The molecule has 0 radical (unpaired) electrons. The van der Waals surface area contributed by atoms with E-state index in [9.17, 15) is 14.9 Å². The lowest BCUT2D eigenvalue weighted by atomic mass is 10.1. The van der Waals surface area contributed by atoms with E-state index < -0.39 is 18.5 Å². The number of carboxylic acid groups (broad SMARTS) is 1. The van der Waals surface area contributed by atoms with Crippen LogP contribution in [0.15, 0.2) is 52.5 Å². The summed E-state index contributed by atoms with van der Waals surface area (Å²) in [5.74, 6) is -1.43. The van der Waals surface area contributed by atoms with E-state index in [1.54, 1.807) is 30.3 Å². The molecule has 0 unspecified atom stereocenters. The Morgan fingerprint density at radius 2 is 1.96 bits per heavy atom. The molecule has 1 amide bonds. The van der Waals surface area contributed by atoms with Crippen molar-refractivity contribution in [2.75, 3.05) is 11.9 Å². The van der Waals surface area contributed by atoms with Gasteiger partial charge in [0.15, 0.2) is 6.61 Å². The Kier molecular flexibility index (Phi) is 7.15. The predicted molar refractivity (Wildman–Crippen MR) is 105 cm³/mol. The zero-order valence-electron chi connectivity index (χ0n) is 14.5. The molecule has 2 rings (SSSR count). The molecule has 0 bridgehead atoms. The Morgan fingerprint density at radius 3 is 2.56 bits per heavy atom. The molecule has 0 aliphatic heterocycles. The van der Waals surface area contributed by atoms with Gasteiger partial charge >= 0.3 is 5.97 Å². The van der Waals surface area contributed by atoms with Crippen LogP contribution in [-0.2, 0) is 16.0 Å². The monoisotopic (exact) mass is 428 g/mol. The van der Waals surface area contributed by atoms with E-state index in [0.717, 1.165) is 12.0 Å². The van der Waals surface area contributed by atoms with Crippen molar-refractivity contribution < 1.29 is 19.4 Å². The molecule has 2 aromatic rings. The molecule has 27 heavy (non-hydrogen) atoms. The molecule has 0 heterocycles. The quantitative estimate of drug-likeness (QED) is 0.512. The number of carbonyl (C=O) groups excluding carboxylic acids is 1. The number of carboxylic acids is 1. The first-order chi connectivity index (χ1) is 12.9. The number of halogens is 1. The van der Waals surface area contributed by atoms with Gasteiger partial charge in [-0.1, -0.05) is 35.0 Å². The van der Waals surface area contributed by atoms with Crippen LogP contribution in [0.5, 0.6) is 5.75 Å². The Bertz CT molecular complexity index is 915. The Hall–Kier alpha value is -3.11. The normalized spacial score (nSPS) is 10.8. The minimum absolute atomic E-state index is 0.132. The molecule has 2 aromatic carbocycles. The summed E-state index contributed by atoms with van der Waals surface area (Å²) < 4.78 is 5.91. The highest BCUT2D eigenvalue weighted by molar-refractivity contribution is 9.10. The standard InChI is InChI=1S/C20H17BrN2O4/c1-2-13-3-6-17(7-4-13)23-20(26)15(11-22)9-14-10-16(21)5-8-18(14)27-12-19(24)25/h3-10H,2,12H2,1H3,(H,23,26)(H,24,25)/b15-9+. The van der Waals surface area contributed by atoms with E-state index in [1.807, 2.05) is 25.1 Å².